The number of amides is 1. The molecule has 1 aromatic heterocycles. The number of aromatic nitrogens is 2. The first kappa shape index (κ1) is 19.4. The largest absolute Gasteiger partial charge is 0.383 e. The van der Waals surface area contributed by atoms with E-state index in [-0.39, 0.29) is 11.9 Å². The summed E-state index contributed by atoms with van der Waals surface area (Å²) in [5.74, 6) is 1.42. The third-order valence-electron chi connectivity index (χ3n) is 3.55. The molecular formula is C17H24N4O3S. The number of hydrogen-bond acceptors (Lipinski definition) is 7. The molecule has 0 fully saturated rings. The van der Waals surface area contributed by atoms with E-state index in [0.29, 0.717) is 37.0 Å². The maximum atomic E-state index is 11.9. The molecule has 0 aliphatic carbocycles. The van der Waals surface area contributed by atoms with Gasteiger partial charge in [-0.3, -0.25) is 4.79 Å². The topological polar surface area (TPSA) is 89.3 Å². The summed E-state index contributed by atoms with van der Waals surface area (Å²) in [6.45, 7) is 3.07. The van der Waals surface area contributed by atoms with Gasteiger partial charge in [-0.15, -0.1) is 11.8 Å². The molecule has 0 spiro atoms. The Morgan fingerprint density at radius 3 is 2.96 bits per heavy atom. The highest BCUT2D eigenvalue weighted by molar-refractivity contribution is 8.00. The fraction of sp³-hybridized carbons (Fsp3) is 0.471. The minimum atomic E-state index is -0.0362. The molecule has 0 bridgehead atoms. The normalized spacial score (nSPS) is 12.1. The predicted molar refractivity (Wildman–Crippen MR) is 97.6 cm³/mol. The van der Waals surface area contributed by atoms with Gasteiger partial charge in [-0.2, -0.15) is 4.98 Å². The summed E-state index contributed by atoms with van der Waals surface area (Å²) in [7, 11) is 3.50. The number of nitrogens with one attached hydrogen (secondary N) is 2. The Labute approximate surface area is 151 Å². The Hall–Kier alpha value is -1.90. The quantitative estimate of drug-likeness (QED) is 0.490. The number of methoxy groups -OCH3 is 1. The van der Waals surface area contributed by atoms with Gasteiger partial charge in [0.15, 0.2) is 5.82 Å². The van der Waals surface area contributed by atoms with Crippen LogP contribution in [0.1, 0.15) is 12.7 Å². The minimum Gasteiger partial charge on any atom is -0.383 e. The molecule has 1 amide bonds. The lowest BCUT2D eigenvalue weighted by Crippen LogP contribution is -2.28. The molecule has 1 unspecified atom stereocenters. The van der Waals surface area contributed by atoms with Crippen LogP contribution in [0.4, 0.5) is 0 Å². The zero-order valence-electron chi connectivity index (χ0n) is 14.7. The molecule has 0 saturated carbocycles. The van der Waals surface area contributed by atoms with E-state index in [1.54, 1.807) is 7.11 Å². The first-order valence-electron chi connectivity index (χ1n) is 8.11. The van der Waals surface area contributed by atoms with Crippen molar-refractivity contribution in [1.82, 2.24) is 20.8 Å². The Balaban J connectivity index is 2.01. The van der Waals surface area contributed by atoms with Crippen molar-refractivity contribution in [2.75, 3.05) is 33.1 Å². The van der Waals surface area contributed by atoms with Crippen molar-refractivity contribution in [2.24, 2.45) is 0 Å². The van der Waals surface area contributed by atoms with Crippen LogP contribution in [0, 0.1) is 0 Å². The van der Waals surface area contributed by atoms with Gasteiger partial charge in [0.1, 0.15) is 0 Å². The molecule has 1 aromatic carbocycles. The summed E-state index contributed by atoms with van der Waals surface area (Å²) in [4.78, 5) is 17.3. The van der Waals surface area contributed by atoms with E-state index in [4.69, 9.17) is 9.26 Å². The van der Waals surface area contributed by atoms with Crippen LogP contribution in [0.15, 0.2) is 33.7 Å². The molecule has 0 saturated heterocycles. The minimum absolute atomic E-state index is 0.0362. The number of benzene rings is 1. The Kier molecular flexibility index (Phi) is 7.90. The van der Waals surface area contributed by atoms with Crippen LogP contribution in [-0.2, 0) is 16.0 Å². The van der Waals surface area contributed by atoms with E-state index in [2.05, 4.69) is 27.7 Å². The van der Waals surface area contributed by atoms with Gasteiger partial charge in [-0.05, 0) is 26.1 Å². The molecule has 0 radical (unpaired) electrons. The zero-order chi connectivity index (χ0) is 18.1. The van der Waals surface area contributed by atoms with Gasteiger partial charge in [-0.1, -0.05) is 17.3 Å². The molecule has 1 heterocycles. The second-order valence-corrected chi connectivity index (χ2v) is 6.55. The number of likely N-dealkylation sites (N-methyl/N-ethyl adjacent to an activating group) is 1. The molecule has 136 valence electrons. The third-order valence-corrected chi connectivity index (χ3v) is 4.63. The standard InChI is InChI=1S/C17H24N4O3S/c1-12(18-2)10-15-20-17(24-21-15)13-6-4-5-7-14(13)25-11-16(22)19-8-9-23-3/h4-7,12,18H,8-11H2,1-3H3,(H,19,22). The Morgan fingerprint density at radius 1 is 1.40 bits per heavy atom. The molecule has 7 nitrogen and oxygen atoms in total. The van der Waals surface area contributed by atoms with Crippen LogP contribution >= 0.6 is 11.8 Å². The first-order valence-corrected chi connectivity index (χ1v) is 9.10. The monoisotopic (exact) mass is 364 g/mol. The lowest BCUT2D eigenvalue weighted by atomic mass is 10.2. The zero-order valence-corrected chi connectivity index (χ0v) is 15.6. The van der Waals surface area contributed by atoms with Gasteiger partial charge >= 0.3 is 0 Å². The Bertz CT molecular complexity index is 677. The van der Waals surface area contributed by atoms with E-state index < -0.39 is 0 Å². The van der Waals surface area contributed by atoms with Gasteiger partial charge in [0, 0.05) is 31.0 Å². The summed E-state index contributed by atoms with van der Waals surface area (Å²) in [6, 6.07) is 7.98. The van der Waals surface area contributed by atoms with Gasteiger partial charge in [-0.25, -0.2) is 0 Å². The third kappa shape index (κ3) is 6.15. The fourth-order valence-corrected chi connectivity index (χ4v) is 2.95. The van der Waals surface area contributed by atoms with Crippen molar-refractivity contribution in [1.29, 1.82) is 0 Å². The van der Waals surface area contributed by atoms with Crippen LogP contribution in [0.3, 0.4) is 0 Å². The summed E-state index contributed by atoms with van der Waals surface area (Å²) in [5.41, 5.74) is 0.841. The first-order chi connectivity index (χ1) is 12.1. The fourth-order valence-electron chi connectivity index (χ4n) is 2.08. The summed E-state index contributed by atoms with van der Waals surface area (Å²) < 4.78 is 10.3. The van der Waals surface area contributed by atoms with Gasteiger partial charge in [0.2, 0.25) is 5.91 Å². The molecule has 1 atom stereocenters. The van der Waals surface area contributed by atoms with Gasteiger partial charge < -0.3 is 19.9 Å². The average molecular weight is 364 g/mol. The van der Waals surface area contributed by atoms with E-state index in [9.17, 15) is 4.79 Å². The number of ether oxygens (including phenoxy) is 1. The van der Waals surface area contributed by atoms with Crippen molar-refractivity contribution in [3.05, 3.63) is 30.1 Å². The lowest BCUT2D eigenvalue weighted by Gasteiger charge is -2.07. The summed E-state index contributed by atoms with van der Waals surface area (Å²) in [5, 5.41) is 9.99. The lowest BCUT2D eigenvalue weighted by molar-refractivity contribution is -0.118. The van der Waals surface area contributed by atoms with Crippen molar-refractivity contribution >= 4 is 17.7 Å². The number of thioether (sulfide) groups is 1. The van der Waals surface area contributed by atoms with Crippen LogP contribution in [0.5, 0.6) is 0 Å². The SMILES string of the molecule is CNC(C)Cc1noc(-c2ccccc2SCC(=O)NCCOC)n1. The number of carbonyl (C=O) groups is 1. The summed E-state index contributed by atoms with van der Waals surface area (Å²) >= 11 is 1.44. The molecule has 0 aliphatic heterocycles. The van der Waals surface area contributed by atoms with E-state index in [0.717, 1.165) is 10.5 Å². The van der Waals surface area contributed by atoms with Crippen LogP contribution < -0.4 is 10.6 Å². The molecule has 2 rings (SSSR count). The highest BCUT2D eigenvalue weighted by atomic mass is 32.2. The predicted octanol–water partition coefficient (Wildman–Crippen LogP) is 1.74. The van der Waals surface area contributed by atoms with Crippen LogP contribution in [0.25, 0.3) is 11.5 Å². The molecule has 2 N–H and O–H groups in total. The average Bonchev–Trinajstić information content (AvgIpc) is 3.08. The maximum absolute atomic E-state index is 11.9. The number of carbonyl (C=O) groups excluding carboxylic acids is 1. The number of rotatable bonds is 10. The van der Waals surface area contributed by atoms with Gasteiger partial charge in [0.25, 0.3) is 5.89 Å². The van der Waals surface area contributed by atoms with Crippen LogP contribution in [0.2, 0.25) is 0 Å². The van der Waals surface area contributed by atoms with Gasteiger partial charge in [0.05, 0.1) is 17.9 Å². The van der Waals surface area contributed by atoms with Crippen molar-refractivity contribution < 1.29 is 14.1 Å². The van der Waals surface area contributed by atoms with Crippen molar-refractivity contribution in [2.45, 2.75) is 24.3 Å². The molecule has 8 heteroatoms. The highest BCUT2D eigenvalue weighted by Crippen LogP contribution is 2.30. The molecular weight excluding hydrogens is 340 g/mol. The smallest absolute Gasteiger partial charge is 0.259 e. The molecule has 25 heavy (non-hydrogen) atoms. The summed E-state index contributed by atoms with van der Waals surface area (Å²) in [6.07, 6.45) is 0.692. The number of hydrogen-bond donors (Lipinski definition) is 2. The second-order valence-electron chi connectivity index (χ2n) is 5.54. The molecule has 2 aromatic rings. The Morgan fingerprint density at radius 2 is 2.20 bits per heavy atom. The van der Waals surface area contributed by atoms with E-state index in [1.807, 2.05) is 31.3 Å². The van der Waals surface area contributed by atoms with E-state index >= 15 is 0 Å². The van der Waals surface area contributed by atoms with Crippen molar-refractivity contribution in [3.8, 4) is 11.5 Å². The van der Waals surface area contributed by atoms with Crippen molar-refractivity contribution in [3.63, 3.8) is 0 Å². The maximum Gasteiger partial charge on any atom is 0.259 e. The highest BCUT2D eigenvalue weighted by Gasteiger charge is 2.15. The van der Waals surface area contributed by atoms with E-state index in [1.165, 1.54) is 11.8 Å². The molecule has 0 aliphatic rings. The number of nitrogens with zero attached hydrogens (tertiary/aromatic N) is 2. The second kappa shape index (κ2) is 10.2. The van der Waals surface area contributed by atoms with Crippen LogP contribution in [-0.4, -0.2) is 55.2 Å².